The summed E-state index contributed by atoms with van der Waals surface area (Å²) in [5.41, 5.74) is -2.22. The highest BCUT2D eigenvalue weighted by Crippen LogP contribution is 2.22. The van der Waals surface area contributed by atoms with E-state index >= 15 is 0 Å². The van der Waals surface area contributed by atoms with Crippen LogP contribution in [0.2, 0.25) is 15.1 Å². The van der Waals surface area contributed by atoms with Crippen LogP contribution in [-0.4, -0.2) is 56.9 Å². The van der Waals surface area contributed by atoms with E-state index in [2.05, 4.69) is 15.9 Å². The van der Waals surface area contributed by atoms with Gasteiger partial charge in [-0.15, -0.1) is 0 Å². The Hall–Kier alpha value is -3.18. The summed E-state index contributed by atoms with van der Waals surface area (Å²) in [6, 6.07) is 19.8. The lowest BCUT2D eigenvalue weighted by atomic mass is 10.1. The Morgan fingerprint density at radius 3 is 1.21 bits per heavy atom. The summed E-state index contributed by atoms with van der Waals surface area (Å²) >= 11 is 20.1. The Balaban J connectivity index is 0.000000624. The minimum Gasteiger partial charge on any atom is -0.508 e. The van der Waals surface area contributed by atoms with Crippen LogP contribution < -0.4 is 9.47 Å². The summed E-state index contributed by atoms with van der Waals surface area (Å²) in [4.78, 5) is 33.1. The lowest BCUT2D eigenvalue weighted by molar-refractivity contribution is -0.158. The number of rotatable bonds is 9. The Morgan fingerprint density at radius 2 is 0.936 bits per heavy atom. The molecule has 0 aliphatic rings. The first-order chi connectivity index (χ1) is 21.6. The lowest BCUT2D eigenvalue weighted by Crippen LogP contribution is -2.39. The molecule has 3 rings (SSSR count). The molecule has 0 unspecified atom stereocenters. The molecule has 0 atom stereocenters. The molecule has 0 radical (unpaired) electrons. The number of esters is 2. The van der Waals surface area contributed by atoms with E-state index in [4.69, 9.17) is 64.0 Å². The smallest absolute Gasteiger partial charge is 0.349 e. The molecule has 0 fully saturated rings. The monoisotopic (exact) mass is 778 g/mol. The van der Waals surface area contributed by atoms with Gasteiger partial charge >= 0.3 is 17.9 Å². The summed E-state index contributed by atoms with van der Waals surface area (Å²) in [6.07, 6.45) is 0. The molecule has 0 bridgehead atoms. The van der Waals surface area contributed by atoms with Gasteiger partial charge in [0.05, 0.1) is 13.2 Å². The van der Waals surface area contributed by atoms with E-state index < -0.39 is 21.5 Å². The maximum absolute atomic E-state index is 11.6. The van der Waals surface area contributed by atoms with Gasteiger partial charge in [-0.2, -0.15) is 0 Å². The summed E-state index contributed by atoms with van der Waals surface area (Å²) < 4.78 is 19.9. The van der Waals surface area contributed by atoms with Crippen molar-refractivity contribution in [1.29, 1.82) is 0 Å². The van der Waals surface area contributed by atoms with Crippen molar-refractivity contribution in [3.05, 3.63) is 87.9 Å². The SMILES string of the molecule is CC(C)(Oc1ccc(Cl)cc1)C(=O)O.CCOC(=O)C(C)(C)Br.CCOC(=O)C(C)(C)Oc1ccc(Cl)cc1.Oc1ccc(Cl)cc1. The predicted octanol–water partition coefficient (Wildman–Crippen LogP) is 9.41. The van der Waals surface area contributed by atoms with Gasteiger partial charge in [0.2, 0.25) is 0 Å². The van der Waals surface area contributed by atoms with Crippen molar-refractivity contribution in [2.45, 2.75) is 70.9 Å². The first-order valence-electron chi connectivity index (χ1n) is 14.2. The van der Waals surface area contributed by atoms with Crippen molar-refractivity contribution >= 4 is 68.6 Å². The number of carboxylic acids is 1. The number of hydrogen-bond acceptors (Lipinski definition) is 8. The number of carbonyl (C=O) groups excluding carboxylic acids is 2. The number of phenolic OH excluding ortho intramolecular Hbond substituents is 1. The van der Waals surface area contributed by atoms with Gasteiger partial charge in [0, 0.05) is 15.1 Å². The first kappa shape index (κ1) is 43.8. The van der Waals surface area contributed by atoms with Crippen molar-refractivity contribution in [3.63, 3.8) is 0 Å². The third-order valence-corrected chi connectivity index (χ3v) is 6.32. The van der Waals surface area contributed by atoms with E-state index in [9.17, 15) is 14.4 Å². The van der Waals surface area contributed by atoms with Gasteiger partial charge in [0.1, 0.15) is 21.6 Å². The second-order valence-electron chi connectivity index (χ2n) is 10.8. The van der Waals surface area contributed by atoms with Gasteiger partial charge in [-0.3, -0.25) is 4.79 Å². The minimum absolute atomic E-state index is 0.218. The quantitative estimate of drug-likeness (QED) is 0.161. The third-order valence-electron chi connectivity index (χ3n) is 5.24. The van der Waals surface area contributed by atoms with Crippen LogP contribution in [0.5, 0.6) is 17.2 Å². The van der Waals surface area contributed by atoms with Gasteiger partial charge in [0.25, 0.3) is 0 Å². The maximum atomic E-state index is 11.6. The number of hydrogen-bond donors (Lipinski definition) is 2. The molecule has 0 aromatic heterocycles. The Morgan fingerprint density at radius 1 is 0.617 bits per heavy atom. The second kappa shape index (κ2) is 20.9. The molecule has 0 saturated heterocycles. The number of phenols is 1. The van der Waals surface area contributed by atoms with E-state index in [0.29, 0.717) is 39.8 Å². The average Bonchev–Trinajstić information content (AvgIpc) is 2.97. The normalized spacial score (nSPS) is 10.7. The van der Waals surface area contributed by atoms with Crippen molar-refractivity contribution in [2.24, 2.45) is 0 Å². The zero-order valence-corrected chi connectivity index (χ0v) is 31.5. The Kier molecular flexibility index (Phi) is 19.5. The van der Waals surface area contributed by atoms with Gasteiger partial charge in [-0.1, -0.05) is 50.7 Å². The maximum Gasteiger partial charge on any atom is 0.349 e. The zero-order chi connectivity index (χ0) is 36.4. The van der Waals surface area contributed by atoms with E-state index in [1.165, 1.54) is 13.8 Å². The topological polar surface area (TPSA) is 129 Å². The molecule has 13 heteroatoms. The Bertz CT molecular complexity index is 1350. The molecule has 0 saturated carbocycles. The van der Waals surface area contributed by atoms with Crippen LogP contribution in [0.1, 0.15) is 55.4 Å². The van der Waals surface area contributed by atoms with Crippen molar-refractivity contribution in [3.8, 4) is 17.2 Å². The second-order valence-corrected chi connectivity index (χ2v) is 14.1. The number of carbonyl (C=O) groups is 3. The molecular formula is C34H42BrCl3O9. The highest BCUT2D eigenvalue weighted by molar-refractivity contribution is 9.10. The number of benzene rings is 3. The summed E-state index contributed by atoms with van der Waals surface area (Å²) in [7, 11) is 0. The van der Waals surface area contributed by atoms with Gasteiger partial charge in [-0.25, -0.2) is 9.59 Å². The first-order valence-corrected chi connectivity index (χ1v) is 16.2. The number of aromatic hydroxyl groups is 1. The van der Waals surface area contributed by atoms with Crippen LogP contribution in [0.25, 0.3) is 0 Å². The molecular weight excluding hydrogens is 739 g/mol. The highest BCUT2D eigenvalue weighted by Gasteiger charge is 2.31. The number of ether oxygens (including phenoxy) is 4. The molecule has 0 aliphatic carbocycles. The van der Waals surface area contributed by atoms with Crippen LogP contribution in [0.4, 0.5) is 0 Å². The molecule has 0 aliphatic heterocycles. The molecule has 3 aromatic rings. The molecule has 0 spiro atoms. The molecule has 47 heavy (non-hydrogen) atoms. The molecule has 0 heterocycles. The van der Waals surface area contributed by atoms with E-state index in [0.717, 1.165) is 0 Å². The predicted molar refractivity (Wildman–Crippen MR) is 189 cm³/mol. The minimum atomic E-state index is -1.23. The molecule has 3 aromatic carbocycles. The number of alkyl halides is 1. The standard InChI is InChI=1S/C12H15ClO3.C10H11ClO3.C6H11BrO2.C6H5ClO/c1-4-15-11(14)12(2,3)16-10-7-5-9(13)6-8-10;1-10(2,9(12)13)14-8-5-3-7(11)4-6-8;1-4-9-5(8)6(2,3)7;7-5-1-3-6(8)4-2-5/h5-8H,4H2,1-3H3;3-6H,1-2H3,(H,12,13);4H2,1-3H3;1-4,8H. The van der Waals surface area contributed by atoms with E-state index in [1.807, 2.05) is 0 Å². The number of aliphatic carboxylic acids is 1. The van der Waals surface area contributed by atoms with Crippen LogP contribution >= 0.6 is 50.7 Å². The molecule has 2 N–H and O–H groups in total. The zero-order valence-electron chi connectivity index (χ0n) is 27.6. The average molecular weight is 781 g/mol. The van der Waals surface area contributed by atoms with Crippen molar-refractivity contribution < 1.29 is 43.5 Å². The third kappa shape index (κ3) is 19.3. The number of halogens is 4. The lowest BCUT2D eigenvalue weighted by Gasteiger charge is -2.23. The van der Waals surface area contributed by atoms with Gasteiger partial charge in [0.15, 0.2) is 11.2 Å². The fourth-order valence-electron chi connectivity index (χ4n) is 2.73. The largest absolute Gasteiger partial charge is 0.508 e. The summed E-state index contributed by atoms with van der Waals surface area (Å²) in [5.74, 6) is -0.291. The molecule has 9 nitrogen and oxygen atoms in total. The van der Waals surface area contributed by atoms with Crippen LogP contribution in [0.3, 0.4) is 0 Å². The van der Waals surface area contributed by atoms with Gasteiger partial charge in [-0.05, 0) is 128 Å². The van der Waals surface area contributed by atoms with Crippen molar-refractivity contribution in [1.82, 2.24) is 0 Å². The highest BCUT2D eigenvalue weighted by atomic mass is 79.9. The Labute approximate surface area is 300 Å². The fraction of sp³-hybridized carbons (Fsp3) is 0.382. The van der Waals surface area contributed by atoms with Gasteiger partial charge < -0.3 is 29.2 Å². The van der Waals surface area contributed by atoms with E-state index in [1.54, 1.807) is 114 Å². The molecule has 0 amide bonds. The van der Waals surface area contributed by atoms with Crippen LogP contribution in [0, 0.1) is 0 Å². The summed E-state index contributed by atoms with van der Waals surface area (Å²) in [6.45, 7) is 14.1. The van der Waals surface area contributed by atoms with Crippen LogP contribution in [-0.2, 0) is 23.9 Å². The van der Waals surface area contributed by atoms with E-state index in [-0.39, 0.29) is 17.7 Å². The fourth-order valence-corrected chi connectivity index (χ4v) is 3.22. The van der Waals surface area contributed by atoms with Crippen LogP contribution in [0.15, 0.2) is 72.8 Å². The van der Waals surface area contributed by atoms with Crippen molar-refractivity contribution in [2.75, 3.05) is 13.2 Å². The summed E-state index contributed by atoms with van der Waals surface area (Å²) in [5, 5.41) is 19.4. The number of carboxylic acid groups (broad SMARTS) is 1. The molecule has 260 valence electrons.